The molecule has 4 rings (SSSR count). The van der Waals surface area contributed by atoms with E-state index in [0.717, 1.165) is 16.7 Å². The zero-order valence-electron chi connectivity index (χ0n) is 14.8. The maximum absolute atomic E-state index is 4.74. The van der Waals surface area contributed by atoms with Crippen LogP contribution in [-0.2, 0) is 0 Å². The van der Waals surface area contributed by atoms with Gasteiger partial charge in [0, 0.05) is 16.7 Å². The Bertz CT molecular complexity index is 958. The number of benzene rings is 3. The Kier molecular flexibility index (Phi) is 4.28. The minimum Gasteiger partial charge on any atom is -0.208 e. The largest absolute Gasteiger partial charge is 0.208 e. The van der Waals surface area contributed by atoms with Gasteiger partial charge in [0.05, 0.1) is 0 Å². The molecule has 0 aliphatic heterocycles. The number of hydrogen-bond donors (Lipinski definition) is 0. The Balaban J connectivity index is 1.89. The normalized spacial score (nSPS) is 10.7. The van der Waals surface area contributed by atoms with E-state index < -0.39 is 0 Å². The lowest BCUT2D eigenvalue weighted by Gasteiger charge is -2.08. The highest BCUT2D eigenvalue weighted by Crippen LogP contribution is 2.24. The van der Waals surface area contributed by atoms with Gasteiger partial charge >= 0.3 is 0 Å². The van der Waals surface area contributed by atoms with Gasteiger partial charge in [-0.25, -0.2) is 15.0 Å². The second-order valence-corrected chi connectivity index (χ2v) is 6.40. The molecule has 0 atom stereocenters. The molecule has 0 N–H and O–H groups in total. The van der Waals surface area contributed by atoms with Gasteiger partial charge in [0.25, 0.3) is 0 Å². The molecule has 1 heterocycles. The summed E-state index contributed by atoms with van der Waals surface area (Å²) in [5, 5.41) is 0. The fourth-order valence-electron chi connectivity index (χ4n) is 2.76. The average molecular weight is 337 g/mol. The van der Waals surface area contributed by atoms with Crippen LogP contribution in [-0.4, -0.2) is 15.0 Å². The molecular weight excluding hydrogens is 318 g/mol. The van der Waals surface area contributed by atoms with Crippen molar-refractivity contribution in [2.24, 2.45) is 0 Å². The highest BCUT2D eigenvalue weighted by molar-refractivity contribution is 5.66. The minimum absolute atomic E-state index is 0.687. The molecule has 0 bridgehead atoms. The third-order valence-corrected chi connectivity index (χ3v) is 4.29. The lowest BCUT2D eigenvalue weighted by Crippen LogP contribution is -2.00. The van der Waals surface area contributed by atoms with E-state index in [1.165, 1.54) is 11.1 Å². The Morgan fingerprint density at radius 2 is 0.769 bits per heavy atom. The standard InChI is InChI=1S/C23H19N3/c1-16-8-12-19(13-9-16)22-24-21(18-6-4-3-5-7-18)25-23(26-22)20-14-10-17(2)11-15-20/h3-15H,1-2H3. The predicted molar refractivity (Wildman–Crippen MR) is 106 cm³/mol. The number of aromatic nitrogens is 3. The molecule has 3 aromatic carbocycles. The van der Waals surface area contributed by atoms with Crippen LogP contribution in [0.4, 0.5) is 0 Å². The summed E-state index contributed by atoms with van der Waals surface area (Å²) in [6, 6.07) is 26.5. The van der Waals surface area contributed by atoms with Crippen LogP contribution in [0.2, 0.25) is 0 Å². The molecule has 0 saturated heterocycles. The molecule has 3 heteroatoms. The van der Waals surface area contributed by atoms with Gasteiger partial charge in [0.1, 0.15) is 0 Å². The van der Waals surface area contributed by atoms with Gasteiger partial charge in [-0.05, 0) is 13.8 Å². The van der Waals surface area contributed by atoms with Crippen LogP contribution in [0.25, 0.3) is 34.2 Å². The number of nitrogens with zero attached hydrogens (tertiary/aromatic N) is 3. The zero-order chi connectivity index (χ0) is 17.9. The second-order valence-electron chi connectivity index (χ2n) is 6.40. The first-order chi connectivity index (χ1) is 12.7. The summed E-state index contributed by atoms with van der Waals surface area (Å²) in [5.74, 6) is 2.07. The van der Waals surface area contributed by atoms with Crippen molar-refractivity contribution in [3.63, 3.8) is 0 Å². The van der Waals surface area contributed by atoms with Crippen molar-refractivity contribution in [2.75, 3.05) is 0 Å². The smallest absolute Gasteiger partial charge is 0.164 e. The summed E-state index contributed by atoms with van der Waals surface area (Å²) in [6.07, 6.45) is 0. The van der Waals surface area contributed by atoms with Crippen LogP contribution in [0.5, 0.6) is 0 Å². The van der Waals surface area contributed by atoms with E-state index in [-0.39, 0.29) is 0 Å². The molecule has 0 aliphatic carbocycles. The van der Waals surface area contributed by atoms with Crippen LogP contribution < -0.4 is 0 Å². The fourth-order valence-corrected chi connectivity index (χ4v) is 2.76. The van der Waals surface area contributed by atoms with Crippen LogP contribution >= 0.6 is 0 Å². The van der Waals surface area contributed by atoms with Crippen molar-refractivity contribution in [3.05, 3.63) is 90.0 Å². The SMILES string of the molecule is Cc1ccc(-c2nc(-c3ccccc3)nc(-c3ccc(C)cc3)n2)cc1. The van der Waals surface area contributed by atoms with Gasteiger partial charge in [-0.15, -0.1) is 0 Å². The van der Waals surface area contributed by atoms with Crippen molar-refractivity contribution in [2.45, 2.75) is 13.8 Å². The van der Waals surface area contributed by atoms with E-state index >= 15 is 0 Å². The van der Waals surface area contributed by atoms with Gasteiger partial charge in [0.2, 0.25) is 0 Å². The Morgan fingerprint density at radius 1 is 0.423 bits per heavy atom. The van der Waals surface area contributed by atoms with Crippen LogP contribution in [0.3, 0.4) is 0 Å². The zero-order valence-corrected chi connectivity index (χ0v) is 14.8. The van der Waals surface area contributed by atoms with Crippen LogP contribution in [0.1, 0.15) is 11.1 Å². The lowest BCUT2D eigenvalue weighted by atomic mass is 10.1. The molecule has 126 valence electrons. The van der Waals surface area contributed by atoms with Gasteiger partial charge in [-0.2, -0.15) is 0 Å². The first-order valence-electron chi connectivity index (χ1n) is 8.65. The monoisotopic (exact) mass is 337 g/mol. The summed E-state index contributed by atoms with van der Waals surface area (Å²) >= 11 is 0. The Morgan fingerprint density at radius 3 is 1.15 bits per heavy atom. The van der Waals surface area contributed by atoms with E-state index in [2.05, 4.69) is 62.4 Å². The predicted octanol–water partition coefficient (Wildman–Crippen LogP) is 5.49. The molecule has 26 heavy (non-hydrogen) atoms. The summed E-state index contributed by atoms with van der Waals surface area (Å²) < 4.78 is 0. The molecule has 4 aromatic rings. The molecule has 1 aromatic heterocycles. The molecule has 3 nitrogen and oxygen atoms in total. The quantitative estimate of drug-likeness (QED) is 0.496. The number of aryl methyl sites for hydroxylation is 2. The van der Waals surface area contributed by atoms with Crippen molar-refractivity contribution in [3.8, 4) is 34.2 Å². The molecule has 0 aliphatic rings. The molecule has 0 radical (unpaired) electrons. The maximum Gasteiger partial charge on any atom is 0.164 e. The topological polar surface area (TPSA) is 38.7 Å². The maximum atomic E-state index is 4.74. The fraction of sp³-hybridized carbons (Fsp3) is 0.0870. The highest BCUT2D eigenvalue weighted by Gasteiger charge is 2.11. The first kappa shape index (κ1) is 16.2. The third kappa shape index (κ3) is 3.38. The molecular formula is C23H19N3. The van der Waals surface area contributed by atoms with E-state index in [1.54, 1.807) is 0 Å². The van der Waals surface area contributed by atoms with Gasteiger partial charge < -0.3 is 0 Å². The summed E-state index contributed by atoms with van der Waals surface area (Å²) in [5.41, 5.74) is 5.39. The van der Waals surface area contributed by atoms with Crippen molar-refractivity contribution in [1.29, 1.82) is 0 Å². The number of hydrogen-bond acceptors (Lipinski definition) is 3. The molecule has 0 saturated carbocycles. The highest BCUT2D eigenvalue weighted by atomic mass is 15.0. The van der Waals surface area contributed by atoms with Crippen molar-refractivity contribution < 1.29 is 0 Å². The second kappa shape index (κ2) is 6.89. The minimum atomic E-state index is 0.687. The van der Waals surface area contributed by atoms with Gasteiger partial charge in [0.15, 0.2) is 17.5 Å². The van der Waals surface area contributed by atoms with Crippen molar-refractivity contribution in [1.82, 2.24) is 15.0 Å². The number of rotatable bonds is 3. The van der Waals surface area contributed by atoms with E-state index in [0.29, 0.717) is 17.5 Å². The van der Waals surface area contributed by atoms with Crippen LogP contribution in [0, 0.1) is 13.8 Å². The van der Waals surface area contributed by atoms with Gasteiger partial charge in [-0.3, -0.25) is 0 Å². The summed E-state index contributed by atoms with van der Waals surface area (Å²) in [6.45, 7) is 4.15. The molecule has 0 unspecified atom stereocenters. The average Bonchev–Trinajstić information content (AvgIpc) is 2.69. The lowest BCUT2D eigenvalue weighted by molar-refractivity contribution is 1.07. The summed E-state index contributed by atoms with van der Waals surface area (Å²) in [7, 11) is 0. The molecule has 0 fully saturated rings. The van der Waals surface area contributed by atoms with E-state index in [9.17, 15) is 0 Å². The Hall–Kier alpha value is -3.33. The van der Waals surface area contributed by atoms with E-state index in [4.69, 9.17) is 15.0 Å². The molecule has 0 amide bonds. The Labute approximate surface area is 153 Å². The van der Waals surface area contributed by atoms with Crippen LogP contribution in [0.15, 0.2) is 78.9 Å². The first-order valence-corrected chi connectivity index (χ1v) is 8.65. The van der Waals surface area contributed by atoms with Gasteiger partial charge in [-0.1, -0.05) is 90.0 Å². The third-order valence-electron chi connectivity index (χ3n) is 4.29. The summed E-state index contributed by atoms with van der Waals surface area (Å²) in [4.78, 5) is 14.2. The van der Waals surface area contributed by atoms with Crippen molar-refractivity contribution >= 4 is 0 Å². The van der Waals surface area contributed by atoms with E-state index in [1.807, 2.05) is 30.3 Å². The molecule has 0 spiro atoms.